The maximum absolute atomic E-state index is 12.2. The van der Waals surface area contributed by atoms with Crippen LogP contribution in [0.2, 0.25) is 0 Å². The minimum absolute atomic E-state index is 0.0463. The Hall–Kier alpha value is -0.860. The second-order valence-corrected chi connectivity index (χ2v) is 5.65. The molecular weight excluding hydrogens is 190 g/mol. The van der Waals surface area contributed by atoms with Gasteiger partial charge in [0.25, 0.3) is 0 Å². The lowest BCUT2D eigenvalue weighted by atomic mass is 9.80. The van der Waals surface area contributed by atoms with Gasteiger partial charge in [0.15, 0.2) is 0 Å². The van der Waals surface area contributed by atoms with Gasteiger partial charge in [-0.05, 0) is 33.6 Å². The summed E-state index contributed by atoms with van der Waals surface area (Å²) >= 11 is 0. The average Bonchev–Trinajstić information content (AvgIpc) is 2.55. The second-order valence-electron chi connectivity index (χ2n) is 5.65. The van der Waals surface area contributed by atoms with Gasteiger partial charge in [0.05, 0.1) is 12.0 Å². The van der Waals surface area contributed by atoms with Gasteiger partial charge in [-0.25, -0.2) is 0 Å². The van der Waals surface area contributed by atoms with E-state index in [-0.39, 0.29) is 17.0 Å². The fourth-order valence-electron chi connectivity index (χ4n) is 2.55. The van der Waals surface area contributed by atoms with Gasteiger partial charge in [0.2, 0.25) is 0 Å². The lowest BCUT2D eigenvalue weighted by molar-refractivity contribution is -0.167. The molecule has 2 rings (SSSR count). The molecule has 0 N–H and O–H groups in total. The third-order valence-electron chi connectivity index (χ3n) is 3.31. The molecule has 0 aromatic rings. The summed E-state index contributed by atoms with van der Waals surface area (Å²) in [7, 11) is 0. The summed E-state index contributed by atoms with van der Waals surface area (Å²) in [4.78, 5) is 16.4. The van der Waals surface area contributed by atoms with E-state index in [1.807, 2.05) is 27.0 Å². The summed E-state index contributed by atoms with van der Waals surface area (Å²) < 4.78 is 5.51. The molecule has 0 bridgehead atoms. The molecule has 0 amide bonds. The number of fused-ring (bicyclic) bond motifs is 1. The Labute approximate surface area is 90.9 Å². The van der Waals surface area contributed by atoms with Crippen molar-refractivity contribution in [3.63, 3.8) is 0 Å². The Morgan fingerprint density at radius 3 is 2.93 bits per heavy atom. The molecule has 0 aromatic heterocycles. The third kappa shape index (κ3) is 1.80. The first kappa shape index (κ1) is 10.7. The third-order valence-corrected chi connectivity index (χ3v) is 3.31. The van der Waals surface area contributed by atoms with Crippen LogP contribution in [0.15, 0.2) is 4.99 Å². The predicted molar refractivity (Wildman–Crippen MR) is 59.0 cm³/mol. The van der Waals surface area contributed by atoms with Gasteiger partial charge in [-0.15, -0.1) is 0 Å². The number of carbonyl (C=O) groups is 1. The molecule has 0 spiro atoms. The molecule has 0 radical (unpaired) electrons. The zero-order chi connectivity index (χ0) is 11.1. The minimum atomic E-state index is -0.387. The van der Waals surface area contributed by atoms with Gasteiger partial charge in [-0.1, -0.05) is 6.42 Å². The number of hydrogen-bond acceptors (Lipinski definition) is 3. The number of hydrogen-bond donors (Lipinski definition) is 0. The van der Waals surface area contributed by atoms with Crippen molar-refractivity contribution >= 4 is 12.2 Å². The van der Waals surface area contributed by atoms with E-state index in [1.54, 1.807) is 0 Å². The fraction of sp³-hybridized carbons (Fsp3) is 0.833. The van der Waals surface area contributed by atoms with E-state index in [9.17, 15) is 4.79 Å². The molecule has 1 heterocycles. The SMILES string of the molecule is CC(C)(C)OC(=O)C12CCCC1C=NC2. The monoisotopic (exact) mass is 209 g/mol. The van der Waals surface area contributed by atoms with E-state index in [1.165, 1.54) is 0 Å². The van der Waals surface area contributed by atoms with E-state index >= 15 is 0 Å². The summed E-state index contributed by atoms with van der Waals surface area (Å²) in [5, 5.41) is 0. The van der Waals surface area contributed by atoms with Crippen molar-refractivity contribution in [1.29, 1.82) is 0 Å². The zero-order valence-electron chi connectivity index (χ0n) is 9.75. The predicted octanol–water partition coefficient (Wildman–Crippen LogP) is 2.20. The van der Waals surface area contributed by atoms with Crippen molar-refractivity contribution in [1.82, 2.24) is 0 Å². The molecule has 1 saturated carbocycles. The molecule has 0 saturated heterocycles. The lowest BCUT2D eigenvalue weighted by Gasteiger charge is -2.30. The minimum Gasteiger partial charge on any atom is -0.459 e. The maximum Gasteiger partial charge on any atom is 0.315 e. The summed E-state index contributed by atoms with van der Waals surface area (Å²) in [6.07, 6.45) is 5.10. The number of ether oxygens (including phenoxy) is 1. The Bertz CT molecular complexity index is 303. The molecule has 15 heavy (non-hydrogen) atoms. The highest BCUT2D eigenvalue weighted by atomic mass is 16.6. The van der Waals surface area contributed by atoms with Gasteiger partial charge in [-0.2, -0.15) is 0 Å². The smallest absolute Gasteiger partial charge is 0.315 e. The number of carbonyl (C=O) groups excluding carboxylic acids is 1. The topological polar surface area (TPSA) is 38.7 Å². The summed E-state index contributed by atoms with van der Waals surface area (Å²) in [5.41, 5.74) is -0.700. The van der Waals surface area contributed by atoms with E-state index in [0.717, 1.165) is 19.3 Å². The summed E-state index contributed by atoms with van der Waals surface area (Å²) in [5.74, 6) is 0.280. The Morgan fingerprint density at radius 2 is 2.27 bits per heavy atom. The van der Waals surface area contributed by atoms with Crippen molar-refractivity contribution < 1.29 is 9.53 Å². The highest BCUT2D eigenvalue weighted by molar-refractivity contribution is 5.85. The van der Waals surface area contributed by atoms with Crippen molar-refractivity contribution in [2.75, 3.05) is 6.54 Å². The first-order chi connectivity index (χ1) is 6.94. The van der Waals surface area contributed by atoms with E-state index in [0.29, 0.717) is 12.5 Å². The standard InChI is InChI=1S/C12H19NO2/c1-11(2,3)15-10(14)12-6-4-5-9(12)7-13-8-12/h7,9H,4-6,8H2,1-3H3. The van der Waals surface area contributed by atoms with Crippen LogP contribution in [-0.2, 0) is 9.53 Å². The van der Waals surface area contributed by atoms with Crippen molar-refractivity contribution in [3.8, 4) is 0 Å². The van der Waals surface area contributed by atoms with Crippen LogP contribution in [0.4, 0.5) is 0 Å². The Balaban J connectivity index is 2.13. The lowest BCUT2D eigenvalue weighted by Crippen LogP contribution is -2.40. The number of rotatable bonds is 1. The van der Waals surface area contributed by atoms with Crippen LogP contribution < -0.4 is 0 Å². The summed E-state index contributed by atoms with van der Waals surface area (Å²) in [6.45, 7) is 6.39. The zero-order valence-corrected chi connectivity index (χ0v) is 9.75. The van der Waals surface area contributed by atoms with Crippen LogP contribution in [0.5, 0.6) is 0 Å². The second kappa shape index (κ2) is 3.32. The molecule has 1 fully saturated rings. The first-order valence-corrected chi connectivity index (χ1v) is 5.67. The van der Waals surface area contributed by atoms with E-state index < -0.39 is 0 Å². The van der Waals surface area contributed by atoms with Crippen LogP contribution in [0, 0.1) is 11.3 Å². The van der Waals surface area contributed by atoms with Crippen LogP contribution >= 0.6 is 0 Å². The van der Waals surface area contributed by atoms with Crippen LogP contribution in [0.1, 0.15) is 40.0 Å². The molecule has 2 unspecified atom stereocenters. The van der Waals surface area contributed by atoms with Gasteiger partial charge in [0, 0.05) is 12.1 Å². The van der Waals surface area contributed by atoms with E-state index in [2.05, 4.69) is 4.99 Å². The maximum atomic E-state index is 12.2. The van der Waals surface area contributed by atoms with Crippen LogP contribution in [0.25, 0.3) is 0 Å². The van der Waals surface area contributed by atoms with Crippen molar-refractivity contribution in [2.24, 2.45) is 16.3 Å². The van der Waals surface area contributed by atoms with Crippen LogP contribution in [-0.4, -0.2) is 24.3 Å². The molecule has 3 nitrogen and oxygen atoms in total. The molecule has 84 valence electrons. The Kier molecular flexibility index (Phi) is 2.36. The molecule has 0 aromatic carbocycles. The normalized spacial score (nSPS) is 34.2. The van der Waals surface area contributed by atoms with Crippen molar-refractivity contribution in [2.45, 2.75) is 45.6 Å². The molecule has 3 heteroatoms. The molecule has 2 aliphatic rings. The molecule has 1 aliphatic carbocycles. The van der Waals surface area contributed by atoms with Gasteiger partial charge in [0.1, 0.15) is 5.60 Å². The number of nitrogens with zero attached hydrogens (tertiary/aromatic N) is 1. The first-order valence-electron chi connectivity index (χ1n) is 5.67. The molecular formula is C12H19NO2. The largest absolute Gasteiger partial charge is 0.459 e. The molecule has 1 aliphatic heterocycles. The highest BCUT2D eigenvalue weighted by Crippen LogP contribution is 2.47. The van der Waals surface area contributed by atoms with Crippen molar-refractivity contribution in [3.05, 3.63) is 0 Å². The van der Waals surface area contributed by atoms with Gasteiger partial charge < -0.3 is 4.74 Å². The van der Waals surface area contributed by atoms with Crippen LogP contribution in [0.3, 0.4) is 0 Å². The van der Waals surface area contributed by atoms with E-state index in [4.69, 9.17) is 4.74 Å². The molecule has 2 atom stereocenters. The summed E-state index contributed by atoms with van der Waals surface area (Å²) in [6, 6.07) is 0. The van der Waals surface area contributed by atoms with Gasteiger partial charge in [-0.3, -0.25) is 9.79 Å². The highest BCUT2D eigenvalue weighted by Gasteiger charge is 2.52. The van der Waals surface area contributed by atoms with Gasteiger partial charge >= 0.3 is 5.97 Å². The number of esters is 1. The quantitative estimate of drug-likeness (QED) is 0.621. The Morgan fingerprint density at radius 1 is 1.53 bits per heavy atom. The average molecular weight is 209 g/mol. The fourth-order valence-corrected chi connectivity index (χ4v) is 2.55. The number of aliphatic imine (C=N–C) groups is 1.